The first-order valence-corrected chi connectivity index (χ1v) is 3.40. The molecule has 0 amide bonds. The molecule has 1 aromatic rings. The standard InChI is InChI=1S/C7H7F2P/c1-4-2-7(10)6(9)3-5(4)8/h2-3H,10H2,1H3. The molecule has 0 bridgehead atoms. The third-order valence-corrected chi connectivity index (χ3v) is 1.72. The van der Waals surface area contributed by atoms with Crippen LogP contribution in [0.15, 0.2) is 12.1 Å². The quantitative estimate of drug-likeness (QED) is 0.507. The van der Waals surface area contributed by atoms with Crippen LogP contribution >= 0.6 is 9.24 Å². The summed E-state index contributed by atoms with van der Waals surface area (Å²) in [6, 6.07) is 2.34. The first-order valence-electron chi connectivity index (χ1n) is 2.82. The third-order valence-electron chi connectivity index (χ3n) is 1.28. The summed E-state index contributed by atoms with van der Waals surface area (Å²) in [6.07, 6.45) is 0. The highest BCUT2D eigenvalue weighted by Crippen LogP contribution is 2.07. The molecule has 0 saturated carbocycles. The zero-order chi connectivity index (χ0) is 7.72. The van der Waals surface area contributed by atoms with Crippen LogP contribution in [0.3, 0.4) is 0 Å². The average molecular weight is 160 g/mol. The Morgan fingerprint density at radius 3 is 2.30 bits per heavy atom. The van der Waals surface area contributed by atoms with Gasteiger partial charge in [0.2, 0.25) is 0 Å². The molecular formula is C7H7F2P. The van der Waals surface area contributed by atoms with E-state index in [4.69, 9.17) is 0 Å². The van der Waals surface area contributed by atoms with Crippen molar-refractivity contribution in [3.63, 3.8) is 0 Å². The van der Waals surface area contributed by atoms with Crippen LogP contribution < -0.4 is 5.30 Å². The summed E-state index contributed by atoms with van der Waals surface area (Å²) in [5, 5.41) is 0.402. The molecule has 0 aromatic heterocycles. The normalized spacial score (nSPS) is 10.0. The minimum absolute atomic E-state index is 0.402. The van der Waals surface area contributed by atoms with Gasteiger partial charge in [0.25, 0.3) is 0 Å². The molecule has 1 unspecified atom stereocenters. The molecule has 1 rings (SSSR count). The van der Waals surface area contributed by atoms with E-state index in [2.05, 4.69) is 9.24 Å². The lowest BCUT2D eigenvalue weighted by atomic mass is 10.2. The number of benzene rings is 1. The SMILES string of the molecule is Cc1cc(P)c(F)cc1F. The van der Waals surface area contributed by atoms with Gasteiger partial charge in [0.1, 0.15) is 11.6 Å². The number of hydrogen-bond donors (Lipinski definition) is 0. The summed E-state index contributed by atoms with van der Waals surface area (Å²) in [5.74, 6) is -1.02. The van der Waals surface area contributed by atoms with Crippen molar-refractivity contribution >= 4 is 14.5 Å². The molecule has 0 aliphatic carbocycles. The Kier molecular flexibility index (Phi) is 2.00. The highest BCUT2D eigenvalue weighted by Gasteiger charge is 2.01. The summed E-state index contributed by atoms with van der Waals surface area (Å²) in [6.45, 7) is 1.60. The summed E-state index contributed by atoms with van der Waals surface area (Å²) < 4.78 is 25.0. The molecule has 0 heterocycles. The van der Waals surface area contributed by atoms with E-state index in [9.17, 15) is 8.78 Å². The van der Waals surface area contributed by atoms with Crippen molar-refractivity contribution in [2.24, 2.45) is 0 Å². The number of halogens is 2. The molecule has 0 nitrogen and oxygen atoms in total. The van der Waals surface area contributed by atoms with Gasteiger partial charge in [-0.3, -0.25) is 0 Å². The molecule has 0 aliphatic heterocycles. The lowest BCUT2D eigenvalue weighted by Gasteiger charge is -1.98. The van der Waals surface area contributed by atoms with Crippen molar-refractivity contribution in [1.29, 1.82) is 0 Å². The summed E-state index contributed by atoms with van der Waals surface area (Å²) >= 11 is 0. The largest absolute Gasteiger partial charge is 0.207 e. The molecule has 0 aliphatic rings. The summed E-state index contributed by atoms with van der Waals surface area (Å²) in [4.78, 5) is 0. The molecule has 10 heavy (non-hydrogen) atoms. The second-order valence-corrected chi connectivity index (χ2v) is 2.74. The van der Waals surface area contributed by atoms with Crippen molar-refractivity contribution < 1.29 is 8.78 Å². The second kappa shape index (κ2) is 2.63. The average Bonchev–Trinajstić information content (AvgIpc) is 1.84. The van der Waals surface area contributed by atoms with Crippen molar-refractivity contribution in [2.75, 3.05) is 0 Å². The van der Waals surface area contributed by atoms with Crippen LogP contribution in [0.25, 0.3) is 0 Å². The number of aryl methyl sites for hydroxylation is 1. The summed E-state index contributed by atoms with van der Waals surface area (Å²) in [5.41, 5.74) is 0.464. The monoisotopic (exact) mass is 160 g/mol. The Morgan fingerprint density at radius 2 is 1.80 bits per heavy atom. The Hall–Kier alpha value is -0.490. The maximum absolute atomic E-state index is 12.5. The zero-order valence-electron chi connectivity index (χ0n) is 5.49. The molecule has 1 aromatic carbocycles. The van der Waals surface area contributed by atoms with Gasteiger partial charge in [-0.15, -0.1) is 9.24 Å². The van der Waals surface area contributed by atoms with Crippen LogP contribution in [0.2, 0.25) is 0 Å². The van der Waals surface area contributed by atoms with Gasteiger partial charge >= 0.3 is 0 Å². The topological polar surface area (TPSA) is 0 Å². The van der Waals surface area contributed by atoms with E-state index in [0.29, 0.717) is 10.9 Å². The number of hydrogen-bond acceptors (Lipinski definition) is 0. The fourth-order valence-electron chi connectivity index (χ4n) is 0.680. The molecule has 0 N–H and O–H groups in total. The van der Waals surface area contributed by atoms with E-state index in [1.807, 2.05) is 0 Å². The smallest absolute Gasteiger partial charge is 0.133 e. The van der Waals surface area contributed by atoms with Crippen molar-refractivity contribution in [3.8, 4) is 0 Å². The van der Waals surface area contributed by atoms with Crippen molar-refractivity contribution in [2.45, 2.75) is 6.92 Å². The molecule has 0 spiro atoms. The molecule has 0 saturated heterocycles. The molecule has 54 valence electrons. The van der Waals surface area contributed by atoms with Crippen molar-refractivity contribution in [1.82, 2.24) is 0 Å². The van der Waals surface area contributed by atoms with Gasteiger partial charge in [-0.1, -0.05) is 0 Å². The predicted molar refractivity (Wildman–Crippen MR) is 40.4 cm³/mol. The predicted octanol–water partition coefficient (Wildman–Crippen LogP) is 1.77. The van der Waals surface area contributed by atoms with Gasteiger partial charge in [0, 0.05) is 11.4 Å². The Labute approximate surface area is 60.5 Å². The third kappa shape index (κ3) is 1.32. The van der Waals surface area contributed by atoms with Crippen LogP contribution in [0, 0.1) is 18.6 Å². The van der Waals surface area contributed by atoms with E-state index in [-0.39, 0.29) is 0 Å². The van der Waals surface area contributed by atoms with E-state index in [1.54, 1.807) is 6.92 Å². The van der Waals surface area contributed by atoms with Gasteiger partial charge < -0.3 is 0 Å². The lowest BCUT2D eigenvalue weighted by molar-refractivity contribution is 0.582. The fraction of sp³-hybridized carbons (Fsp3) is 0.143. The Balaban J connectivity index is 3.28. The van der Waals surface area contributed by atoms with Crippen LogP contribution in [-0.4, -0.2) is 0 Å². The van der Waals surface area contributed by atoms with Crippen LogP contribution in [0.5, 0.6) is 0 Å². The highest BCUT2D eigenvalue weighted by molar-refractivity contribution is 7.27. The van der Waals surface area contributed by atoms with E-state index < -0.39 is 11.6 Å². The molecule has 3 heteroatoms. The first kappa shape index (κ1) is 7.62. The zero-order valence-corrected chi connectivity index (χ0v) is 6.64. The van der Waals surface area contributed by atoms with Gasteiger partial charge in [-0.05, 0) is 18.6 Å². The Morgan fingerprint density at radius 1 is 1.20 bits per heavy atom. The molecule has 1 atom stereocenters. The first-order chi connectivity index (χ1) is 4.61. The van der Waals surface area contributed by atoms with Gasteiger partial charge in [0.05, 0.1) is 0 Å². The minimum atomic E-state index is -0.520. The van der Waals surface area contributed by atoms with Crippen LogP contribution in [-0.2, 0) is 0 Å². The van der Waals surface area contributed by atoms with Gasteiger partial charge in [-0.25, -0.2) is 8.78 Å². The molecule has 0 radical (unpaired) electrons. The lowest BCUT2D eigenvalue weighted by Crippen LogP contribution is -2.00. The Bertz CT molecular complexity index is 208. The summed E-state index contributed by atoms with van der Waals surface area (Å²) in [7, 11) is 2.20. The van der Waals surface area contributed by atoms with Gasteiger partial charge in [-0.2, -0.15) is 0 Å². The van der Waals surface area contributed by atoms with E-state index >= 15 is 0 Å². The highest BCUT2D eigenvalue weighted by atomic mass is 31.0. The maximum Gasteiger partial charge on any atom is 0.133 e. The fourth-order valence-corrected chi connectivity index (χ4v) is 1.01. The number of rotatable bonds is 0. The minimum Gasteiger partial charge on any atom is -0.207 e. The van der Waals surface area contributed by atoms with Crippen LogP contribution in [0.4, 0.5) is 8.78 Å². The second-order valence-electron chi connectivity index (χ2n) is 2.12. The van der Waals surface area contributed by atoms with Gasteiger partial charge in [0.15, 0.2) is 0 Å². The van der Waals surface area contributed by atoms with Crippen LogP contribution in [0.1, 0.15) is 5.56 Å². The van der Waals surface area contributed by atoms with E-state index in [1.165, 1.54) is 6.07 Å². The molecular weight excluding hydrogens is 153 g/mol. The van der Waals surface area contributed by atoms with E-state index in [0.717, 1.165) is 6.07 Å². The van der Waals surface area contributed by atoms with Crippen molar-refractivity contribution in [3.05, 3.63) is 29.3 Å². The maximum atomic E-state index is 12.5. The molecule has 0 fully saturated rings.